The van der Waals surface area contributed by atoms with Crippen LogP contribution in [0, 0.1) is 6.57 Å². The minimum absolute atomic E-state index is 0.0299. The van der Waals surface area contributed by atoms with Crippen molar-refractivity contribution in [3.05, 3.63) is 70.0 Å². The lowest BCUT2D eigenvalue weighted by atomic mass is 10.0. The Balaban J connectivity index is 1.97. The summed E-state index contributed by atoms with van der Waals surface area (Å²) in [7, 11) is 0. The van der Waals surface area contributed by atoms with Crippen LogP contribution in [-0.4, -0.2) is 42.3 Å². The summed E-state index contributed by atoms with van der Waals surface area (Å²) >= 11 is 6.20. The minimum atomic E-state index is -4.44. The molecule has 154 valence electrons. The molecule has 1 atom stereocenters. The molecule has 1 saturated heterocycles. The number of aliphatic hydroxyl groups excluding tert-OH is 1. The number of hydrogen-bond donors (Lipinski definition) is 1. The van der Waals surface area contributed by atoms with Crippen LogP contribution in [-0.2, 0) is 12.7 Å². The Labute approximate surface area is 172 Å². The van der Waals surface area contributed by atoms with Crippen LogP contribution in [0.25, 0.3) is 4.85 Å². The zero-order chi connectivity index (χ0) is 21.0. The molecule has 1 aliphatic heterocycles. The van der Waals surface area contributed by atoms with Gasteiger partial charge in [0.1, 0.15) is 0 Å². The van der Waals surface area contributed by atoms with Crippen LogP contribution in [0.3, 0.4) is 0 Å². The Bertz CT molecular complexity index is 897. The van der Waals surface area contributed by atoms with Crippen molar-refractivity contribution in [2.45, 2.75) is 25.2 Å². The maximum atomic E-state index is 13.5. The van der Waals surface area contributed by atoms with Gasteiger partial charge in [0.05, 0.1) is 18.7 Å². The van der Waals surface area contributed by atoms with Crippen LogP contribution < -0.4 is 4.90 Å². The fourth-order valence-corrected chi connectivity index (χ4v) is 3.94. The number of likely N-dealkylation sites (tertiary alicyclic amines) is 1. The van der Waals surface area contributed by atoms with E-state index in [1.165, 1.54) is 12.1 Å². The summed E-state index contributed by atoms with van der Waals surface area (Å²) in [5.74, 6) is 0. The summed E-state index contributed by atoms with van der Waals surface area (Å²) in [4.78, 5) is 7.35. The highest BCUT2D eigenvalue weighted by molar-refractivity contribution is 6.33. The van der Waals surface area contributed by atoms with E-state index in [9.17, 15) is 18.3 Å². The zero-order valence-corrected chi connectivity index (χ0v) is 16.4. The van der Waals surface area contributed by atoms with Crippen molar-refractivity contribution >= 4 is 23.0 Å². The van der Waals surface area contributed by atoms with Gasteiger partial charge in [-0.2, -0.15) is 13.2 Å². The predicted octanol–water partition coefficient (Wildman–Crippen LogP) is 4.98. The largest absolute Gasteiger partial charge is 0.416 e. The molecule has 0 saturated carbocycles. The van der Waals surface area contributed by atoms with Gasteiger partial charge in [0, 0.05) is 42.9 Å². The van der Waals surface area contributed by atoms with Crippen LogP contribution in [0.5, 0.6) is 0 Å². The lowest BCUT2D eigenvalue weighted by molar-refractivity contribution is -0.138. The second kappa shape index (κ2) is 9.04. The van der Waals surface area contributed by atoms with Crippen molar-refractivity contribution in [3.8, 4) is 0 Å². The predicted molar refractivity (Wildman–Crippen MR) is 107 cm³/mol. The molecule has 1 N–H and O–H groups in total. The lowest BCUT2D eigenvalue weighted by Gasteiger charge is -2.32. The second-order valence-electron chi connectivity index (χ2n) is 7.00. The SMILES string of the molecule is [C-]#[N+]c1ccc(N(Cc2ccccc2C(F)(F)F)[C@H]2CCN(CCO)C2)cc1Cl. The first-order valence-corrected chi connectivity index (χ1v) is 9.63. The van der Waals surface area contributed by atoms with Gasteiger partial charge in [-0.3, -0.25) is 4.90 Å². The van der Waals surface area contributed by atoms with Gasteiger partial charge in [-0.25, -0.2) is 4.85 Å². The number of β-amino-alcohol motifs (C(OH)–C–C–N with tert-alkyl or cyclic N) is 1. The molecule has 8 heteroatoms. The number of rotatable bonds is 6. The van der Waals surface area contributed by atoms with Crippen molar-refractivity contribution in [1.29, 1.82) is 0 Å². The highest BCUT2D eigenvalue weighted by Crippen LogP contribution is 2.36. The first kappa shape index (κ1) is 21.4. The standard InChI is InChI=1S/C21H21ClF3N3O/c1-26-20-7-6-16(12-19(20)22)28(17-8-9-27(14-17)10-11-29)13-15-4-2-3-5-18(15)21(23,24)25/h2-7,12,17,29H,8-11,13-14H2/t17-/m0/s1. The van der Waals surface area contributed by atoms with E-state index in [-0.39, 0.29) is 29.8 Å². The van der Waals surface area contributed by atoms with Gasteiger partial charge in [-0.15, -0.1) is 0 Å². The maximum absolute atomic E-state index is 13.5. The van der Waals surface area contributed by atoms with Crippen molar-refractivity contribution in [3.63, 3.8) is 0 Å². The molecule has 4 nitrogen and oxygen atoms in total. The highest BCUT2D eigenvalue weighted by Gasteiger charge is 2.35. The molecule has 0 bridgehead atoms. The van der Waals surface area contributed by atoms with Gasteiger partial charge in [-0.05, 0) is 30.2 Å². The molecule has 2 aromatic carbocycles. The number of alkyl halides is 3. The summed E-state index contributed by atoms with van der Waals surface area (Å²) < 4.78 is 40.5. The number of nitrogens with zero attached hydrogens (tertiary/aromatic N) is 3. The first-order valence-electron chi connectivity index (χ1n) is 9.25. The fraction of sp³-hybridized carbons (Fsp3) is 0.381. The first-order chi connectivity index (χ1) is 13.8. The molecule has 0 amide bonds. The summed E-state index contributed by atoms with van der Waals surface area (Å²) in [5, 5.41) is 9.47. The molecular weight excluding hydrogens is 403 g/mol. The molecule has 2 aromatic rings. The molecule has 1 fully saturated rings. The van der Waals surface area contributed by atoms with E-state index < -0.39 is 11.7 Å². The average molecular weight is 424 g/mol. The normalized spacial score (nSPS) is 17.3. The van der Waals surface area contributed by atoms with Crippen molar-refractivity contribution in [1.82, 2.24) is 4.90 Å². The van der Waals surface area contributed by atoms with E-state index in [4.69, 9.17) is 18.2 Å². The molecule has 1 heterocycles. The van der Waals surface area contributed by atoms with E-state index >= 15 is 0 Å². The lowest BCUT2D eigenvalue weighted by Crippen LogP contribution is -2.38. The number of halogens is 4. The van der Waals surface area contributed by atoms with Gasteiger partial charge in [0.25, 0.3) is 0 Å². The van der Waals surface area contributed by atoms with Crippen molar-refractivity contribution in [2.24, 2.45) is 0 Å². The second-order valence-corrected chi connectivity index (χ2v) is 7.40. The van der Waals surface area contributed by atoms with Crippen LogP contribution in [0.1, 0.15) is 17.5 Å². The van der Waals surface area contributed by atoms with E-state index in [1.54, 1.807) is 24.3 Å². The van der Waals surface area contributed by atoms with E-state index in [1.807, 2.05) is 4.90 Å². The minimum Gasteiger partial charge on any atom is -0.395 e. The molecule has 0 aromatic heterocycles. The number of anilines is 1. The molecule has 29 heavy (non-hydrogen) atoms. The van der Waals surface area contributed by atoms with Gasteiger partial charge in [0.15, 0.2) is 0 Å². The number of aliphatic hydroxyl groups is 1. The Kier molecular flexibility index (Phi) is 6.68. The molecular formula is C21H21ClF3N3O. The number of hydrogen-bond acceptors (Lipinski definition) is 3. The quantitative estimate of drug-likeness (QED) is 0.664. The van der Waals surface area contributed by atoms with Crippen molar-refractivity contribution < 1.29 is 18.3 Å². The van der Waals surface area contributed by atoms with Crippen LogP contribution >= 0.6 is 11.6 Å². The number of benzene rings is 2. The third-order valence-electron chi connectivity index (χ3n) is 5.15. The highest BCUT2D eigenvalue weighted by atomic mass is 35.5. The van der Waals surface area contributed by atoms with Crippen LogP contribution in [0.4, 0.5) is 24.5 Å². The molecule has 3 rings (SSSR count). The van der Waals surface area contributed by atoms with Crippen LogP contribution in [0.15, 0.2) is 42.5 Å². The Morgan fingerprint density at radius 3 is 2.66 bits per heavy atom. The monoisotopic (exact) mass is 423 g/mol. The molecule has 0 radical (unpaired) electrons. The smallest absolute Gasteiger partial charge is 0.395 e. The Hall–Kier alpha value is -2.27. The van der Waals surface area contributed by atoms with E-state index in [2.05, 4.69) is 9.74 Å². The van der Waals surface area contributed by atoms with E-state index in [0.29, 0.717) is 24.5 Å². The summed E-state index contributed by atoms with van der Waals surface area (Å²) in [6, 6.07) is 10.5. The van der Waals surface area contributed by atoms with Crippen LogP contribution in [0.2, 0.25) is 5.02 Å². The van der Waals surface area contributed by atoms with E-state index in [0.717, 1.165) is 19.0 Å². The van der Waals surface area contributed by atoms with Crippen molar-refractivity contribution in [2.75, 3.05) is 31.1 Å². The molecule has 0 aliphatic carbocycles. The third kappa shape index (κ3) is 5.02. The molecule has 0 spiro atoms. The molecule has 0 unspecified atom stereocenters. The molecule has 1 aliphatic rings. The Morgan fingerprint density at radius 1 is 1.24 bits per heavy atom. The zero-order valence-electron chi connectivity index (χ0n) is 15.7. The fourth-order valence-electron chi connectivity index (χ4n) is 3.73. The maximum Gasteiger partial charge on any atom is 0.416 e. The van der Waals surface area contributed by atoms with Gasteiger partial charge in [-0.1, -0.05) is 35.9 Å². The summed E-state index contributed by atoms with van der Waals surface area (Å²) in [5.41, 5.74) is 0.514. The summed E-state index contributed by atoms with van der Waals surface area (Å²) in [6.45, 7) is 9.18. The van der Waals surface area contributed by atoms with Gasteiger partial charge >= 0.3 is 6.18 Å². The van der Waals surface area contributed by atoms with Gasteiger partial charge in [0.2, 0.25) is 5.69 Å². The average Bonchev–Trinajstić information content (AvgIpc) is 3.14. The topological polar surface area (TPSA) is 31.1 Å². The van der Waals surface area contributed by atoms with Gasteiger partial charge < -0.3 is 10.0 Å². The Morgan fingerprint density at radius 2 is 2.00 bits per heavy atom. The summed E-state index contributed by atoms with van der Waals surface area (Å²) in [6.07, 6.45) is -3.68. The third-order valence-corrected chi connectivity index (χ3v) is 5.45.